The van der Waals surface area contributed by atoms with Gasteiger partial charge in [0.15, 0.2) is 0 Å². The molecule has 0 atom stereocenters. The van der Waals surface area contributed by atoms with Crippen LogP contribution in [0.25, 0.3) is 5.69 Å². The highest BCUT2D eigenvalue weighted by atomic mass is 16.2. The van der Waals surface area contributed by atoms with Gasteiger partial charge in [-0.3, -0.25) is 0 Å². The molecular weight excluding hydrogens is 246 g/mol. The third-order valence-corrected chi connectivity index (χ3v) is 2.54. The molecule has 19 heavy (non-hydrogen) atoms. The molecule has 0 unspecified atom stereocenters. The van der Waals surface area contributed by atoms with E-state index in [1.54, 1.807) is 12.1 Å². The van der Waals surface area contributed by atoms with E-state index in [1.807, 2.05) is 13.0 Å². The molecule has 98 valence electrons. The van der Waals surface area contributed by atoms with Crippen LogP contribution in [0.3, 0.4) is 0 Å². The Morgan fingerprint density at radius 3 is 2.58 bits per heavy atom. The predicted molar refractivity (Wildman–Crippen MR) is 70.3 cm³/mol. The Morgan fingerprint density at radius 2 is 1.95 bits per heavy atom. The van der Waals surface area contributed by atoms with E-state index in [0.717, 1.165) is 10.1 Å². The van der Waals surface area contributed by atoms with Crippen LogP contribution >= 0.6 is 0 Å². The number of hydrogen-bond donors (Lipinski definition) is 3. The van der Waals surface area contributed by atoms with Crippen LogP contribution in [0.5, 0.6) is 0 Å². The second-order valence-corrected chi connectivity index (χ2v) is 3.99. The van der Waals surface area contributed by atoms with Crippen LogP contribution in [0.15, 0.2) is 27.8 Å². The van der Waals surface area contributed by atoms with Crippen molar-refractivity contribution in [1.29, 1.82) is 0 Å². The number of H-pyrrole nitrogens is 2. The summed E-state index contributed by atoms with van der Waals surface area (Å²) >= 11 is 0. The molecule has 2 rings (SSSR count). The Bertz CT molecular complexity index is 728. The molecule has 0 fully saturated rings. The van der Waals surface area contributed by atoms with Crippen LogP contribution in [-0.4, -0.2) is 26.5 Å². The minimum absolute atomic E-state index is 0.0289. The topological polar surface area (TPSA) is 90.9 Å². The van der Waals surface area contributed by atoms with Crippen LogP contribution < -0.4 is 11.4 Å². The predicted octanol–water partition coefficient (Wildman–Crippen LogP) is -0.104. The van der Waals surface area contributed by atoms with Gasteiger partial charge >= 0.3 is 11.4 Å². The van der Waals surface area contributed by atoms with Crippen LogP contribution in [0.2, 0.25) is 0 Å². The van der Waals surface area contributed by atoms with Gasteiger partial charge in [-0.2, -0.15) is 0 Å². The summed E-state index contributed by atoms with van der Waals surface area (Å²) in [5, 5.41) is 13.2. The molecule has 0 radical (unpaired) electrons. The average molecular weight is 259 g/mol. The first kappa shape index (κ1) is 12.9. The molecule has 0 aliphatic rings. The van der Waals surface area contributed by atoms with Crippen LogP contribution in [0.4, 0.5) is 0 Å². The zero-order valence-corrected chi connectivity index (χ0v) is 10.4. The van der Waals surface area contributed by atoms with Gasteiger partial charge in [-0.15, -0.1) is 0 Å². The second-order valence-electron chi connectivity index (χ2n) is 3.99. The number of hydrogen-bond acceptors (Lipinski definition) is 3. The summed E-state index contributed by atoms with van der Waals surface area (Å²) in [5.41, 5.74) is 0.820. The number of benzene rings is 1. The van der Waals surface area contributed by atoms with Crippen molar-refractivity contribution in [2.75, 3.05) is 6.61 Å². The summed E-state index contributed by atoms with van der Waals surface area (Å²) < 4.78 is 0.996. The third-order valence-electron chi connectivity index (χ3n) is 2.54. The summed E-state index contributed by atoms with van der Waals surface area (Å²) in [7, 11) is 0. The lowest BCUT2D eigenvalue weighted by atomic mass is 10.1. The van der Waals surface area contributed by atoms with E-state index in [4.69, 9.17) is 5.11 Å². The molecule has 0 spiro atoms. The highest BCUT2D eigenvalue weighted by Gasteiger charge is 2.09. The van der Waals surface area contributed by atoms with Gasteiger partial charge in [0.2, 0.25) is 0 Å². The van der Waals surface area contributed by atoms with Crippen molar-refractivity contribution in [2.24, 2.45) is 0 Å². The molecule has 2 aromatic rings. The number of aryl methyl sites for hydroxylation is 1. The molecule has 0 bridgehead atoms. The lowest BCUT2D eigenvalue weighted by Gasteiger charge is -2.04. The van der Waals surface area contributed by atoms with Gasteiger partial charge in [0.05, 0.1) is 12.3 Å². The molecule has 6 heteroatoms. The molecular formula is C13H13N3O3. The van der Waals surface area contributed by atoms with Gasteiger partial charge < -0.3 is 5.11 Å². The fraction of sp³-hybridized carbons (Fsp3) is 0.231. The van der Waals surface area contributed by atoms with Crippen molar-refractivity contribution in [2.45, 2.75) is 13.3 Å². The number of nitrogens with one attached hydrogen (secondary N) is 2. The van der Waals surface area contributed by atoms with Gasteiger partial charge in [-0.05, 0) is 24.6 Å². The smallest absolute Gasteiger partial charge is 0.349 e. The van der Waals surface area contributed by atoms with Crippen LogP contribution in [0, 0.1) is 18.8 Å². The van der Waals surface area contributed by atoms with E-state index in [2.05, 4.69) is 22.0 Å². The van der Waals surface area contributed by atoms with Gasteiger partial charge in [-0.25, -0.2) is 24.4 Å². The second kappa shape index (κ2) is 5.42. The summed E-state index contributed by atoms with van der Waals surface area (Å²) in [6.45, 7) is 1.83. The fourth-order valence-corrected chi connectivity index (χ4v) is 1.68. The molecule has 0 aliphatic heterocycles. The lowest BCUT2D eigenvalue weighted by Crippen LogP contribution is -2.25. The Kier molecular flexibility index (Phi) is 3.68. The van der Waals surface area contributed by atoms with Gasteiger partial charge in [0.1, 0.15) is 0 Å². The summed E-state index contributed by atoms with van der Waals surface area (Å²) in [6, 6.07) is 5.31. The van der Waals surface area contributed by atoms with E-state index in [0.29, 0.717) is 17.7 Å². The molecule has 1 aromatic carbocycles. The fourth-order valence-electron chi connectivity index (χ4n) is 1.68. The average Bonchev–Trinajstić information content (AvgIpc) is 2.71. The molecule has 1 heterocycles. The normalized spacial score (nSPS) is 10.0. The first-order valence-electron chi connectivity index (χ1n) is 5.74. The van der Waals surface area contributed by atoms with Gasteiger partial charge in [0, 0.05) is 12.0 Å². The first-order valence-corrected chi connectivity index (χ1v) is 5.74. The van der Waals surface area contributed by atoms with E-state index in [9.17, 15) is 9.59 Å². The number of aromatic amines is 2. The molecule has 0 aliphatic carbocycles. The van der Waals surface area contributed by atoms with Gasteiger partial charge in [0.25, 0.3) is 0 Å². The maximum atomic E-state index is 11.6. The molecule has 3 N–H and O–H groups in total. The number of rotatable bonds is 2. The minimum Gasteiger partial charge on any atom is -0.395 e. The maximum absolute atomic E-state index is 11.6. The number of aliphatic hydroxyl groups is 1. The summed E-state index contributed by atoms with van der Waals surface area (Å²) in [5.74, 6) is 5.62. The standard InChI is InChI=1S/C13H13N3O3/c1-9-5-6-10(4-2-3-7-17)11(8-9)16-12(18)14-15-13(16)19/h5-6,8,17H,3,7H2,1H3,(H,14,18)(H,15,19). The maximum Gasteiger partial charge on any atom is 0.349 e. The summed E-state index contributed by atoms with van der Waals surface area (Å²) in [4.78, 5) is 23.2. The van der Waals surface area contributed by atoms with Crippen LogP contribution in [-0.2, 0) is 0 Å². The zero-order chi connectivity index (χ0) is 13.8. The molecule has 0 saturated carbocycles. The Balaban J connectivity index is 2.63. The van der Waals surface area contributed by atoms with Crippen molar-refractivity contribution >= 4 is 0 Å². The third kappa shape index (κ3) is 2.67. The van der Waals surface area contributed by atoms with E-state index < -0.39 is 11.4 Å². The highest BCUT2D eigenvalue weighted by molar-refractivity contribution is 5.52. The molecule has 0 amide bonds. The number of aliphatic hydroxyl groups excluding tert-OH is 1. The molecule has 6 nitrogen and oxygen atoms in total. The van der Waals surface area contributed by atoms with Crippen molar-refractivity contribution in [1.82, 2.24) is 14.8 Å². The number of nitrogens with zero attached hydrogens (tertiary/aromatic N) is 1. The summed E-state index contributed by atoms with van der Waals surface area (Å²) in [6.07, 6.45) is 0.339. The Hall–Kier alpha value is -2.52. The SMILES string of the molecule is Cc1ccc(C#CCCO)c(-n2c(=O)[nH][nH]c2=O)c1. The van der Waals surface area contributed by atoms with E-state index in [-0.39, 0.29) is 6.61 Å². The quantitative estimate of drug-likeness (QED) is 0.657. The van der Waals surface area contributed by atoms with Gasteiger partial charge in [-0.1, -0.05) is 17.9 Å². The highest BCUT2D eigenvalue weighted by Crippen LogP contribution is 2.12. The van der Waals surface area contributed by atoms with Crippen molar-refractivity contribution < 1.29 is 5.11 Å². The Labute approximate surface area is 108 Å². The number of aromatic nitrogens is 3. The largest absolute Gasteiger partial charge is 0.395 e. The first-order chi connectivity index (χ1) is 9.13. The monoisotopic (exact) mass is 259 g/mol. The van der Waals surface area contributed by atoms with Crippen LogP contribution in [0.1, 0.15) is 17.5 Å². The molecule has 1 aromatic heterocycles. The minimum atomic E-state index is -0.541. The lowest BCUT2D eigenvalue weighted by molar-refractivity contribution is 0.305. The van der Waals surface area contributed by atoms with Crippen molar-refractivity contribution in [3.8, 4) is 17.5 Å². The Morgan fingerprint density at radius 1 is 1.26 bits per heavy atom. The zero-order valence-electron chi connectivity index (χ0n) is 10.4. The molecule has 0 saturated heterocycles. The van der Waals surface area contributed by atoms with Crippen molar-refractivity contribution in [3.05, 3.63) is 50.3 Å². The van der Waals surface area contributed by atoms with E-state index >= 15 is 0 Å². The van der Waals surface area contributed by atoms with Crippen molar-refractivity contribution in [3.63, 3.8) is 0 Å². The van der Waals surface area contributed by atoms with E-state index in [1.165, 1.54) is 0 Å².